The molecule has 0 N–H and O–H groups in total. The van der Waals surface area contributed by atoms with Crippen LogP contribution in [0.3, 0.4) is 0 Å². The molecule has 0 spiro atoms. The number of esters is 1. The minimum absolute atomic E-state index is 0.210. The average molecular weight is 456 g/mol. The Hall–Kier alpha value is -3.43. The molecular weight excluding hydrogens is 425 g/mol. The van der Waals surface area contributed by atoms with Crippen LogP contribution in [0.25, 0.3) is 0 Å². The van der Waals surface area contributed by atoms with Crippen molar-refractivity contribution in [2.24, 2.45) is 0 Å². The zero-order valence-corrected chi connectivity index (χ0v) is 19.5. The summed E-state index contributed by atoms with van der Waals surface area (Å²) in [5.41, 5.74) is 2.01. The molecule has 1 saturated heterocycles. The lowest BCUT2D eigenvalue weighted by molar-refractivity contribution is 0.0518. The molecule has 0 bridgehead atoms. The molecule has 2 aromatic heterocycles. The van der Waals surface area contributed by atoms with Crippen LogP contribution < -0.4 is 9.80 Å². The molecular formula is C23H30FN7O2. The van der Waals surface area contributed by atoms with Gasteiger partial charge in [0.15, 0.2) is 5.69 Å². The van der Waals surface area contributed by atoms with Gasteiger partial charge in [0.2, 0.25) is 5.95 Å². The van der Waals surface area contributed by atoms with Crippen LogP contribution in [-0.4, -0.2) is 63.3 Å². The van der Waals surface area contributed by atoms with Gasteiger partial charge in [-0.25, -0.2) is 23.5 Å². The molecule has 1 aliphatic rings. The molecule has 1 aliphatic heterocycles. The van der Waals surface area contributed by atoms with Gasteiger partial charge >= 0.3 is 5.97 Å². The zero-order chi connectivity index (χ0) is 23.6. The average Bonchev–Trinajstić information content (AvgIpc) is 3.42. The second-order valence-electron chi connectivity index (χ2n) is 9.06. The molecule has 0 radical (unpaired) electrons. The van der Waals surface area contributed by atoms with Crippen molar-refractivity contribution in [3.8, 4) is 0 Å². The van der Waals surface area contributed by atoms with E-state index in [0.717, 1.165) is 37.6 Å². The second kappa shape index (κ2) is 9.21. The summed E-state index contributed by atoms with van der Waals surface area (Å²) in [4.78, 5) is 21.0. The second-order valence-corrected chi connectivity index (χ2v) is 9.06. The van der Waals surface area contributed by atoms with E-state index in [1.807, 2.05) is 0 Å². The van der Waals surface area contributed by atoms with Crippen molar-refractivity contribution in [3.05, 3.63) is 53.9 Å². The van der Waals surface area contributed by atoms with Crippen LogP contribution in [0.4, 0.5) is 16.0 Å². The number of aromatic nitrogens is 5. The summed E-state index contributed by atoms with van der Waals surface area (Å²) in [6, 6.07) is 8.36. The summed E-state index contributed by atoms with van der Waals surface area (Å²) in [7, 11) is 0. The lowest BCUT2D eigenvalue weighted by atomic mass is 9.92. The van der Waals surface area contributed by atoms with E-state index in [9.17, 15) is 9.18 Å². The predicted molar refractivity (Wildman–Crippen MR) is 123 cm³/mol. The van der Waals surface area contributed by atoms with Gasteiger partial charge < -0.3 is 14.5 Å². The fraction of sp³-hybridized carbons (Fsp3) is 0.478. The first-order chi connectivity index (χ1) is 15.7. The van der Waals surface area contributed by atoms with E-state index < -0.39 is 5.97 Å². The molecule has 0 amide bonds. The Labute approximate surface area is 192 Å². The van der Waals surface area contributed by atoms with Gasteiger partial charge in [0.1, 0.15) is 18.8 Å². The standard InChI is InChI=1S/C23H30FN7O2/c1-5-33-21(32)19-14-20(23(2,3)4)31(26-19)16-30-15-25-22(27-30)29-12-10-28(11-13-29)18-8-6-17(24)7-9-18/h6-9,14-15H,5,10-13,16H2,1-4H3. The molecule has 1 fully saturated rings. The molecule has 176 valence electrons. The van der Waals surface area contributed by atoms with Gasteiger partial charge in [-0.2, -0.15) is 5.10 Å². The number of piperazine rings is 1. The van der Waals surface area contributed by atoms with Crippen molar-refractivity contribution >= 4 is 17.6 Å². The van der Waals surface area contributed by atoms with Crippen LogP contribution in [0.5, 0.6) is 0 Å². The maximum absolute atomic E-state index is 13.2. The Balaban J connectivity index is 1.44. The molecule has 9 nitrogen and oxygen atoms in total. The van der Waals surface area contributed by atoms with Gasteiger partial charge in [0.05, 0.1) is 6.61 Å². The smallest absolute Gasteiger partial charge is 0.358 e. The Morgan fingerprint density at radius 3 is 2.36 bits per heavy atom. The number of halogens is 1. The molecule has 0 saturated carbocycles. The van der Waals surface area contributed by atoms with Crippen molar-refractivity contribution < 1.29 is 13.9 Å². The van der Waals surface area contributed by atoms with E-state index in [-0.39, 0.29) is 11.2 Å². The SMILES string of the molecule is CCOC(=O)c1cc(C(C)(C)C)n(Cn2cnc(N3CCN(c4ccc(F)cc4)CC3)n2)n1. The maximum atomic E-state index is 13.2. The van der Waals surface area contributed by atoms with E-state index in [0.29, 0.717) is 24.9 Å². The maximum Gasteiger partial charge on any atom is 0.358 e. The summed E-state index contributed by atoms with van der Waals surface area (Å²) in [5, 5.41) is 9.11. The predicted octanol–water partition coefficient (Wildman–Crippen LogP) is 2.92. The first-order valence-corrected chi connectivity index (χ1v) is 11.1. The number of anilines is 2. The van der Waals surface area contributed by atoms with Crippen molar-refractivity contribution in [1.29, 1.82) is 0 Å². The van der Waals surface area contributed by atoms with Crippen LogP contribution in [0.2, 0.25) is 0 Å². The quantitative estimate of drug-likeness (QED) is 0.529. The lowest BCUT2D eigenvalue weighted by Gasteiger charge is -2.35. The summed E-state index contributed by atoms with van der Waals surface area (Å²) in [6.45, 7) is 11.8. The minimum Gasteiger partial charge on any atom is -0.461 e. The fourth-order valence-electron chi connectivity index (χ4n) is 3.88. The molecule has 0 unspecified atom stereocenters. The van der Waals surface area contributed by atoms with Gasteiger partial charge in [-0.3, -0.25) is 0 Å². The highest BCUT2D eigenvalue weighted by Gasteiger charge is 2.25. The number of carbonyl (C=O) groups excluding carboxylic acids is 1. The fourth-order valence-corrected chi connectivity index (χ4v) is 3.88. The summed E-state index contributed by atoms with van der Waals surface area (Å²) >= 11 is 0. The molecule has 10 heteroatoms. The van der Waals surface area contributed by atoms with Crippen molar-refractivity contribution in [2.75, 3.05) is 42.6 Å². The molecule has 1 aromatic carbocycles. The van der Waals surface area contributed by atoms with E-state index >= 15 is 0 Å². The first kappa shape index (κ1) is 22.8. The number of rotatable bonds is 6. The van der Waals surface area contributed by atoms with Gasteiger partial charge in [0.25, 0.3) is 0 Å². The largest absolute Gasteiger partial charge is 0.461 e. The number of benzene rings is 1. The Morgan fingerprint density at radius 1 is 1.06 bits per heavy atom. The van der Waals surface area contributed by atoms with Crippen LogP contribution in [0.15, 0.2) is 36.7 Å². The highest BCUT2D eigenvalue weighted by Crippen LogP contribution is 2.24. The molecule has 33 heavy (non-hydrogen) atoms. The number of ether oxygens (including phenoxy) is 1. The molecule has 0 aliphatic carbocycles. The first-order valence-electron chi connectivity index (χ1n) is 11.1. The summed E-state index contributed by atoms with van der Waals surface area (Å²) < 4.78 is 21.8. The highest BCUT2D eigenvalue weighted by atomic mass is 19.1. The molecule has 3 aromatic rings. The molecule has 4 rings (SSSR count). The van der Waals surface area contributed by atoms with Crippen LogP contribution in [0.1, 0.15) is 43.9 Å². The molecule has 0 atom stereocenters. The molecule has 3 heterocycles. The minimum atomic E-state index is -0.431. The number of nitrogens with zero attached hydrogens (tertiary/aromatic N) is 7. The highest BCUT2D eigenvalue weighted by molar-refractivity contribution is 5.87. The third kappa shape index (κ3) is 5.15. The van der Waals surface area contributed by atoms with Crippen LogP contribution in [0, 0.1) is 5.82 Å². The van der Waals surface area contributed by atoms with E-state index in [4.69, 9.17) is 4.74 Å². The normalized spacial score (nSPS) is 14.6. The van der Waals surface area contributed by atoms with Crippen molar-refractivity contribution in [3.63, 3.8) is 0 Å². The Kier molecular flexibility index (Phi) is 6.35. The third-order valence-corrected chi connectivity index (χ3v) is 5.59. The van der Waals surface area contributed by atoms with Crippen molar-refractivity contribution in [2.45, 2.75) is 39.8 Å². The zero-order valence-electron chi connectivity index (χ0n) is 19.5. The topological polar surface area (TPSA) is 81.3 Å². The number of hydrogen-bond acceptors (Lipinski definition) is 7. The van der Waals surface area contributed by atoms with Crippen LogP contribution >= 0.6 is 0 Å². The van der Waals surface area contributed by atoms with Gasteiger partial charge in [-0.15, -0.1) is 5.10 Å². The third-order valence-electron chi connectivity index (χ3n) is 5.59. The number of hydrogen-bond donors (Lipinski definition) is 0. The summed E-state index contributed by atoms with van der Waals surface area (Å²) in [6.07, 6.45) is 1.68. The Morgan fingerprint density at radius 2 is 1.73 bits per heavy atom. The van der Waals surface area contributed by atoms with Gasteiger partial charge in [0, 0.05) is 43.0 Å². The van der Waals surface area contributed by atoms with E-state index in [1.165, 1.54) is 12.1 Å². The van der Waals surface area contributed by atoms with E-state index in [1.54, 1.807) is 40.8 Å². The lowest BCUT2D eigenvalue weighted by Crippen LogP contribution is -2.47. The van der Waals surface area contributed by atoms with Crippen LogP contribution in [-0.2, 0) is 16.8 Å². The van der Waals surface area contributed by atoms with E-state index in [2.05, 4.69) is 45.8 Å². The Bertz CT molecular complexity index is 1090. The number of carbonyl (C=O) groups is 1. The van der Waals surface area contributed by atoms with Gasteiger partial charge in [-0.1, -0.05) is 20.8 Å². The van der Waals surface area contributed by atoms with Gasteiger partial charge in [-0.05, 0) is 37.3 Å². The summed E-state index contributed by atoms with van der Waals surface area (Å²) in [5.74, 6) is -0.00260. The van der Waals surface area contributed by atoms with Crippen molar-refractivity contribution in [1.82, 2.24) is 24.5 Å². The monoisotopic (exact) mass is 455 g/mol.